The number of ether oxygens (including phenoxy) is 1. The average Bonchev–Trinajstić information content (AvgIpc) is 3.51. The van der Waals surface area contributed by atoms with E-state index < -0.39 is 30.1 Å². The summed E-state index contributed by atoms with van der Waals surface area (Å²) in [5.41, 5.74) is 0.557. The molecule has 2 aliphatic carbocycles. The Morgan fingerprint density at radius 1 is 1.00 bits per heavy atom. The molecule has 1 saturated heterocycles. The quantitative estimate of drug-likeness (QED) is 0.479. The molecule has 1 heterocycles. The minimum atomic E-state index is -0.600. The van der Waals surface area contributed by atoms with Crippen LogP contribution in [0.25, 0.3) is 0 Å². The van der Waals surface area contributed by atoms with Crippen LogP contribution in [0.1, 0.15) is 40.0 Å². The Morgan fingerprint density at radius 3 is 2.24 bits per heavy atom. The molecule has 0 radical (unpaired) electrons. The van der Waals surface area contributed by atoms with E-state index in [2.05, 4.69) is 0 Å². The Kier molecular flexibility index (Phi) is 5.44. The van der Waals surface area contributed by atoms with E-state index in [1.165, 1.54) is 19.2 Å². The van der Waals surface area contributed by atoms with Gasteiger partial charge in [-0.2, -0.15) is 5.01 Å². The van der Waals surface area contributed by atoms with Crippen molar-refractivity contribution in [3.63, 3.8) is 0 Å². The molecule has 0 spiro atoms. The van der Waals surface area contributed by atoms with Crippen molar-refractivity contribution in [3.05, 3.63) is 64.7 Å². The highest BCUT2D eigenvalue weighted by atomic mass is 35.5. The molecule has 1 aliphatic heterocycles. The number of amides is 3. The molecule has 0 unspecified atom stereocenters. The molecule has 5 rings (SSSR count). The van der Waals surface area contributed by atoms with Gasteiger partial charge in [0.2, 0.25) is 0 Å². The van der Waals surface area contributed by atoms with Gasteiger partial charge < -0.3 is 4.74 Å². The van der Waals surface area contributed by atoms with Crippen molar-refractivity contribution in [3.8, 4) is 5.75 Å². The first-order valence-electron chi connectivity index (χ1n) is 11.0. The molecule has 2 aromatic carbocycles. The second-order valence-corrected chi connectivity index (χ2v) is 9.33. The van der Waals surface area contributed by atoms with Crippen LogP contribution in [0, 0.1) is 23.7 Å². The van der Waals surface area contributed by atoms with Gasteiger partial charge in [0.15, 0.2) is 5.78 Å². The molecule has 4 atom stereocenters. The summed E-state index contributed by atoms with van der Waals surface area (Å²) in [6.07, 6.45) is 2.73. The van der Waals surface area contributed by atoms with Crippen LogP contribution >= 0.6 is 11.6 Å². The van der Waals surface area contributed by atoms with E-state index in [1.807, 2.05) is 0 Å². The Bertz CT molecular complexity index is 1120. The van der Waals surface area contributed by atoms with Gasteiger partial charge in [-0.1, -0.05) is 23.7 Å². The number of carbonyl (C=O) groups excluding carboxylic acids is 4. The van der Waals surface area contributed by atoms with Gasteiger partial charge in [0.25, 0.3) is 17.7 Å². The van der Waals surface area contributed by atoms with Crippen molar-refractivity contribution < 1.29 is 23.9 Å². The third-order valence-corrected chi connectivity index (χ3v) is 7.41. The molecule has 3 amide bonds. The Balaban J connectivity index is 1.49. The standard InChI is InChI=1S/C25H23ClN2O5/c1-33-19-4-2-3-15(12-19)20(29)13-27(23(30)14-7-9-18(26)10-8-14)28-24(31)21-16-5-6-17(11-16)22(21)25(28)32/h2-4,7-10,12,16-17,21-22H,5-6,11,13H2,1H3/t16-,17-,21-,22+/m0/s1. The van der Waals surface area contributed by atoms with E-state index in [9.17, 15) is 19.2 Å². The number of nitrogens with zero attached hydrogens (tertiary/aromatic N) is 2. The van der Waals surface area contributed by atoms with Crippen molar-refractivity contribution >= 4 is 35.1 Å². The maximum absolute atomic E-state index is 13.5. The first kappa shape index (κ1) is 21.6. The van der Waals surface area contributed by atoms with Crippen LogP contribution in [0.4, 0.5) is 0 Å². The third kappa shape index (κ3) is 3.60. The smallest absolute Gasteiger partial charge is 0.273 e. The third-order valence-electron chi connectivity index (χ3n) is 7.16. The van der Waals surface area contributed by atoms with Crippen molar-refractivity contribution in [2.45, 2.75) is 19.3 Å². The number of hydrogen-bond donors (Lipinski definition) is 0. The van der Waals surface area contributed by atoms with E-state index in [-0.39, 0.29) is 29.2 Å². The molecular weight excluding hydrogens is 444 g/mol. The Morgan fingerprint density at radius 2 is 1.64 bits per heavy atom. The average molecular weight is 467 g/mol. The van der Waals surface area contributed by atoms with Gasteiger partial charge >= 0.3 is 0 Å². The lowest BCUT2D eigenvalue weighted by molar-refractivity contribution is -0.154. The fraction of sp³-hybridized carbons (Fsp3) is 0.360. The van der Waals surface area contributed by atoms with Gasteiger partial charge in [0.1, 0.15) is 12.3 Å². The fourth-order valence-corrected chi connectivity index (χ4v) is 5.76. The van der Waals surface area contributed by atoms with E-state index in [0.717, 1.165) is 29.3 Å². The second-order valence-electron chi connectivity index (χ2n) is 8.90. The molecule has 3 fully saturated rings. The summed E-state index contributed by atoms with van der Waals surface area (Å²) in [7, 11) is 1.49. The molecule has 0 N–H and O–H groups in total. The van der Waals surface area contributed by atoms with Crippen molar-refractivity contribution in [1.82, 2.24) is 10.0 Å². The molecule has 8 heteroatoms. The van der Waals surface area contributed by atoms with Crippen molar-refractivity contribution in [2.75, 3.05) is 13.7 Å². The first-order chi connectivity index (χ1) is 15.9. The van der Waals surface area contributed by atoms with Gasteiger partial charge in [-0.15, -0.1) is 0 Å². The van der Waals surface area contributed by atoms with Crippen LogP contribution in [-0.2, 0) is 9.59 Å². The van der Waals surface area contributed by atoms with Gasteiger partial charge in [-0.25, -0.2) is 5.01 Å². The summed E-state index contributed by atoms with van der Waals surface area (Å²) in [5.74, 6) is -1.72. The zero-order valence-electron chi connectivity index (χ0n) is 18.1. The number of Topliss-reactive ketones (excluding diaryl/α,β-unsaturated/α-hetero) is 1. The summed E-state index contributed by atoms with van der Waals surface area (Å²) >= 11 is 5.96. The minimum Gasteiger partial charge on any atom is -0.497 e. The highest BCUT2D eigenvalue weighted by Gasteiger charge is 2.62. The van der Waals surface area contributed by atoms with E-state index in [1.54, 1.807) is 36.4 Å². The first-order valence-corrected chi connectivity index (χ1v) is 11.4. The maximum atomic E-state index is 13.5. The van der Waals surface area contributed by atoms with Crippen molar-refractivity contribution in [2.24, 2.45) is 23.7 Å². The van der Waals surface area contributed by atoms with Crippen molar-refractivity contribution in [1.29, 1.82) is 0 Å². The number of rotatable bonds is 6. The van der Waals surface area contributed by atoms with Crippen LogP contribution in [0.15, 0.2) is 48.5 Å². The predicted molar refractivity (Wildman–Crippen MR) is 119 cm³/mol. The monoisotopic (exact) mass is 466 g/mol. The minimum absolute atomic E-state index is 0.169. The number of carbonyl (C=O) groups is 4. The molecule has 3 aliphatic rings. The van der Waals surface area contributed by atoms with E-state index in [4.69, 9.17) is 16.3 Å². The summed E-state index contributed by atoms with van der Waals surface area (Å²) in [5, 5.41) is 2.40. The highest BCUT2D eigenvalue weighted by molar-refractivity contribution is 6.30. The lowest BCUT2D eigenvalue weighted by atomic mass is 9.81. The van der Waals surface area contributed by atoms with E-state index in [0.29, 0.717) is 16.3 Å². The maximum Gasteiger partial charge on any atom is 0.273 e. The molecule has 2 aromatic rings. The molecule has 2 saturated carbocycles. The van der Waals surface area contributed by atoms with Crippen LogP contribution in [-0.4, -0.2) is 47.2 Å². The Labute approximate surface area is 196 Å². The fourth-order valence-electron chi connectivity index (χ4n) is 5.63. The highest BCUT2D eigenvalue weighted by Crippen LogP contribution is 2.56. The largest absolute Gasteiger partial charge is 0.497 e. The Hall–Kier alpha value is -3.19. The number of hydrazine groups is 1. The van der Waals surface area contributed by atoms with Gasteiger partial charge in [0, 0.05) is 16.1 Å². The molecule has 33 heavy (non-hydrogen) atoms. The number of halogens is 1. The van der Waals surface area contributed by atoms with Gasteiger partial charge in [-0.3, -0.25) is 19.2 Å². The summed E-state index contributed by atoms with van der Waals surface area (Å²) in [4.78, 5) is 53.4. The lowest BCUT2D eigenvalue weighted by Gasteiger charge is -2.30. The lowest BCUT2D eigenvalue weighted by Crippen LogP contribution is -2.52. The number of benzene rings is 2. The molecule has 2 bridgehead atoms. The number of methoxy groups -OCH3 is 1. The topological polar surface area (TPSA) is 84.0 Å². The normalized spacial score (nSPS) is 25.3. The van der Waals surface area contributed by atoms with Crippen LogP contribution in [0.5, 0.6) is 5.75 Å². The summed E-state index contributed by atoms with van der Waals surface area (Å²) in [6.45, 7) is -0.444. The summed E-state index contributed by atoms with van der Waals surface area (Å²) < 4.78 is 5.19. The van der Waals surface area contributed by atoms with Crippen LogP contribution in [0.3, 0.4) is 0 Å². The second kappa shape index (κ2) is 8.30. The molecular formula is C25H23ClN2O5. The van der Waals surface area contributed by atoms with Gasteiger partial charge in [0.05, 0.1) is 18.9 Å². The van der Waals surface area contributed by atoms with E-state index >= 15 is 0 Å². The number of fused-ring (bicyclic) bond motifs is 5. The zero-order chi connectivity index (χ0) is 23.3. The number of imide groups is 1. The SMILES string of the molecule is COc1cccc(C(=O)CN(C(=O)c2ccc(Cl)cc2)N2C(=O)[C@@H]3[C@H]4CC[C@@H](C4)[C@@H]3C2=O)c1. The summed E-state index contributed by atoms with van der Waals surface area (Å²) in [6, 6.07) is 12.7. The molecule has 7 nitrogen and oxygen atoms in total. The predicted octanol–water partition coefficient (Wildman–Crippen LogP) is 3.62. The molecule has 0 aromatic heterocycles. The van der Waals surface area contributed by atoms with Crippen LogP contribution < -0.4 is 4.74 Å². The zero-order valence-corrected chi connectivity index (χ0v) is 18.8. The van der Waals surface area contributed by atoms with Gasteiger partial charge in [-0.05, 0) is 67.5 Å². The molecule has 170 valence electrons. The number of hydrogen-bond acceptors (Lipinski definition) is 5. The van der Waals surface area contributed by atoms with Crippen LogP contribution in [0.2, 0.25) is 5.02 Å². The number of ketones is 1.